The van der Waals surface area contributed by atoms with Crippen molar-refractivity contribution in [1.29, 1.82) is 0 Å². The molecule has 1 aromatic heterocycles. The Hall–Kier alpha value is -1.84. The Morgan fingerprint density at radius 1 is 1.30 bits per heavy atom. The average molecular weight is 376 g/mol. The molecule has 0 aliphatic heterocycles. The number of nitrogens with one attached hydrogen (secondary N) is 1. The molecule has 0 saturated carbocycles. The zero-order valence-electron chi connectivity index (χ0n) is 11.5. The van der Waals surface area contributed by atoms with Crippen LogP contribution in [-0.4, -0.2) is 18.7 Å². The van der Waals surface area contributed by atoms with Crippen LogP contribution in [0.1, 0.15) is 0 Å². The topological polar surface area (TPSA) is 93.9 Å². The van der Waals surface area contributed by atoms with Gasteiger partial charge in [0.15, 0.2) is 6.61 Å². The number of nitrogens with two attached hydrogens (primary N) is 1. The first-order valence-corrected chi connectivity index (χ1v) is 7.77. The fourth-order valence-corrected chi connectivity index (χ4v) is 2.65. The van der Waals surface area contributed by atoms with Crippen LogP contribution in [0.15, 0.2) is 35.7 Å². The molecule has 23 heavy (non-hydrogen) atoms. The van der Waals surface area contributed by atoms with Gasteiger partial charge in [-0.3, -0.25) is 5.84 Å². The van der Waals surface area contributed by atoms with Crippen molar-refractivity contribution in [3.8, 4) is 5.75 Å². The van der Waals surface area contributed by atoms with Crippen molar-refractivity contribution < 1.29 is 19.1 Å². The van der Waals surface area contributed by atoms with Crippen molar-refractivity contribution in [2.24, 2.45) is 5.84 Å². The fourth-order valence-electron chi connectivity index (χ4n) is 1.50. The third kappa shape index (κ3) is 4.81. The number of hydrazine groups is 2. The molecule has 1 heterocycles. The van der Waals surface area contributed by atoms with Crippen molar-refractivity contribution in [2.75, 3.05) is 11.6 Å². The SMILES string of the molecule is NNN(C(=O)OC(=O)COc1ccc(Cl)cc1Cl)c1cccs1. The van der Waals surface area contributed by atoms with E-state index in [9.17, 15) is 9.59 Å². The number of hydrogen-bond donors (Lipinski definition) is 2. The number of carbonyl (C=O) groups excluding carboxylic acids is 2. The lowest BCUT2D eigenvalue weighted by molar-refractivity contribution is -0.139. The third-order valence-electron chi connectivity index (χ3n) is 2.48. The van der Waals surface area contributed by atoms with Gasteiger partial charge >= 0.3 is 12.1 Å². The molecule has 2 rings (SSSR count). The van der Waals surface area contributed by atoms with Crippen LogP contribution in [-0.2, 0) is 9.53 Å². The molecule has 10 heteroatoms. The van der Waals surface area contributed by atoms with E-state index in [2.05, 4.69) is 10.3 Å². The maximum absolute atomic E-state index is 11.9. The van der Waals surface area contributed by atoms with Crippen LogP contribution in [0.2, 0.25) is 10.0 Å². The minimum Gasteiger partial charge on any atom is -0.480 e. The Balaban J connectivity index is 1.90. The lowest BCUT2D eigenvalue weighted by Crippen LogP contribution is -2.48. The molecule has 7 nitrogen and oxygen atoms in total. The maximum atomic E-state index is 11.9. The molecule has 0 fully saturated rings. The van der Waals surface area contributed by atoms with Gasteiger partial charge in [-0.15, -0.1) is 11.3 Å². The van der Waals surface area contributed by atoms with Crippen molar-refractivity contribution in [2.45, 2.75) is 0 Å². The number of carbonyl (C=O) groups is 2. The first-order valence-electron chi connectivity index (χ1n) is 6.13. The number of nitrogens with zero attached hydrogens (tertiary/aromatic N) is 1. The molecule has 1 aromatic carbocycles. The Morgan fingerprint density at radius 3 is 2.70 bits per heavy atom. The highest BCUT2D eigenvalue weighted by Gasteiger charge is 2.21. The molecular formula is C13H11Cl2N3O4S. The highest BCUT2D eigenvalue weighted by atomic mass is 35.5. The zero-order valence-corrected chi connectivity index (χ0v) is 13.8. The summed E-state index contributed by atoms with van der Waals surface area (Å²) in [5.41, 5.74) is 2.14. The summed E-state index contributed by atoms with van der Waals surface area (Å²) < 4.78 is 9.80. The molecule has 0 atom stereocenters. The quantitative estimate of drug-likeness (QED) is 0.361. The Kier molecular flexibility index (Phi) is 6.20. The number of rotatable bonds is 5. The summed E-state index contributed by atoms with van der Waals surface area (Å²) >= 11 is 12.9. The van der Waals surface area contributed by atoms with E-state index in [0.717, 1.165) is 5.01 Å². The Morgan fingerprint density at radius 2 is 2.09 bits per heavy atom. The number of ether oxygens (including phenoxy) is 2. The second-order valence-corrected chi connectivity index (χ2v) is 5.79. The van der Waals surface area contributed by atoms with Gasteiger partial charge < -0.3 is 9.47 Å². The third-order valence-corrected chi connectivity index (χ3v) is 3.86. The van der Waals surface area contributed by atoms with E-state index < -0.39 is 18.7 Å². The van der Waals surface area contributed by atoms with Gasteiger partial charge in [-0.1, -0.05) is 23.2 Å². The van der Waals surface area contributed by atoms with Crippen LogP contribution in [0.3, 0.4) is 0 Å². The summed E-state index contributed by atoms with van der Waals surface area (Å²) in [7, 11) is 0. The Bertz CT molecular complexity index is 697. The number of thiophene rings is 1. The summed E-state index contributed by atoms with van der Waals surface area (Å²) in [4.78, 5) is 23.5. The molecule has 3 N–H and O–H groups in total. The van der Waals surface area contributed by atoms with E-state index in [4.69, 9.17) is 33.8 Å². The van der Waals surface area contributed by atoms with Crippen LogP contribution in [0, 0.1) is 0 Å². The highest BCUT2D eigenvalue weighted by Crippen LogP contribution is 2.27. The predicted octanol–water partition coefficient (Wildman–Crippen LogP) is 2.98. The first-order chi connectivity index (χ1) is 11.0. The van der Waals surface area contributed by atoms with E-state index in [-0.39, 0.29) is 10.8 Å². The maximum Gasteiger partial charge on any atom is 0.438 e. The summed E-state index contributed by atoms with van der Waals surface area (Å²) in [6, 6.07) is 7.85. The number of hydrogen-bond acceptors (Lipinski definition) is 7. The molecule has 0 saturated heterocycles. The fraction of sp³-hybridized carbons (Fsp3) is 0.0769. The highest BCUT2D eigenvalue weighted by molar-refractivity contribution is 7.14. The van der Waals surface area contributed by atoms with Crippen LogP contribution in [0.4, 0.5) is 9.80 Å². The van der Waals surface area contributed by atoms with Crippen molar-refractivity contribution in [3.05, 3.63) is 45.8 Å². The van der Waals surface area contributed by atoms with Crippen molar-refractivity contribution in [1.82, 2.24) is 5.53 Å². The number of esters is 1. The van der Waals surface area contributed by atoms with Crippen LogP contribution in [0.5, 0.6) is 5.75 Å². The number of anilines is 1. The van der Waals surface area contributed by atoms with E-state index in [1.165, 1.54) is 23.5 Å². The zero-order chi connectivity index (χ0) is 16.8. The average Bonchev–Trinajstić information content (AvgIpc) is 3.01. The minimum absolute atomic E-state index is 0.237. The van der Waals surface area contributed by atoms with Crippen LogP contribution in [0.25, 0.3) is 0 Å². The van der Waals surface area contributed by atoms with Gasteiger partial charge in [0, 0.05) is 5.02 Å². The lowest BCUT2D eigenvalue weighted by atomic mass is 10.3. The van der Waals surface area contributed by atoms with E-state index in [1.807, 2.05) is 0 Å². The molecular weight excluding hydrogens is 365 g/mol. The molecule has 0 unspecified atom stereocenters. The van der Waals surface area contributed by atoms with Crippen LogP contribution >= 0.6 is 34.5 Å². The second kappa shape index (κ2) is 8.14. The minimum atomic E-state index is -0.981. The number of benzene rings is 1. The summed E-state index contributed by atoms with van der Waals surface area (Å²) in [5, 5.41) is 3.76. The number of amides is 1. The van der Waals surface area contributed by atoms with Gasteiger partial charge in [-0.05, 0) is 35.7 Å². The Labute approximate surface area is 145 Å². The molecule has 0 spiro atoms. The van der Waals surface area contributed by atoms with Crippen LogP contribution < -0.4 is 21.1 Å². The van der Waals surface area contributed by atoms with Gasteiger partial charge in [-0.25, -0.2) is 9.59 Å². The second-order valence-electron chi connectivity index (χ2n) is 4.02. The largest absolute Gasteiger partial charge is 0.480 e. The molecule has 0 radical (unpaired) electrons. The number of halogens is 2. The molecule has 0 aliphatic carbocycles. The van der Waals surface area contributed by atoms with Crippen molar-refractivity contribution >= 4 is 51.6 Å². The summed E-state index contributed by atoms with van der Waals surface area (Å²) in [6.45, 7) is -0.504. The van der Waals surface area contributed by atoms with Gasteiger partial charge in [-0.2, -0.15) is 10.5 Å². The summed E-state index contributed by atoms with van der Waals surface area (Å²) in [6.07, 6.45) is -0.981. The normalized spacial score (nSPS) is 10.2. The lowest BCUT2D eigenvalue weighted by Gasteiger charge is -2.17. The predicted molar refractivity (Wildman–Crippen MR) is 87.6 cm³/mol. The van der Waals surface area contributed by atoms with E-state index in [1.54, 1.807) is 23.6 Å². The first kappa shape index (κ1) is 17.5. The van der Waals surface area contributed by atoms with Gasteiger partial charge in [0.2, 0.25) is 0 Å². The molecule has 0 aliphatic rings. The monoisotopic (exact) mass is 375 g/mol. The molecule has 0 bridgehead atoms. The summed E-state index contributed by atoms with van der Waals surface area (Å²) in [5.74, 6) is 4.59. The standard InChI is InChI=1S/C13H11Cl2N3O4S/c14-8-3-4-10(9(15)6-8)21-7-12(19)22-13(20)18(17-16)11-2-1-5-23-11/h1-6,17H,7,16H2. The van der Waals surface area contributed by atoms with Gasteiger partial charge in [0.25, 0.3) is 0 Å². The van der Waals surface area contributed by atoms with Crippen molar-refractivity contribution in [3.63, 3.8) is 0 Å². The molecule has 2 aromatic rings. The van der Waals surface area contributed by atoms with Gasteiger partial charge in [0.05, 0.1) is 5.02 Å². The van der Waals surface area contributed by atoms with Gasteiger partial charge in [0.1, 0.15) is 10.8 Å². The molecule has 1 amide bonds. The van der Waals surface area contributed by atoms with E-state index >= 15 is 0 Å². The molecule has 122 valence electrons. The van der Waals surface area contributed by atoms with E-state index in [0.29, 0.717) is 10.0 Å². The smallest absolute Gasteiger partial charge is 0.438 e.